The number of rotatable bonds is 48. The molecule has 372 valence electrons. The largest absolute Gasteiger partial charge is 0.462 e. The van der Waals surface area contributed by atoms with E-state index in [2.05, 4.69) is 106 Å². The van der Waals surface area contributed by atoms with Crippen LogP contribution in [0.2, 0.25) is 0 Å². The number of hydrogen-bond donors (Lipinski definition) is 0. The minimum atomic E-state index is -0.801. The molecular weight excluding hydrogens is 805 g/mol. The molecule has 0 rings (SSSR count). The van der Waals surface area contributed by atoms with Crippen molar-refractivity contribution >= 4 is 17.9 Å². The second-order valence-corrected chi connectivity index (χ2v) is 17.8. The molecule has 0 bridgehead atoms. The Morgan fingerprint density at radius 1 is 0.308 bits per heavy atom. The van der Waals surface area contributed by atoms with E-state index >= 15 is 0 Å². The van der Waals surface area contributed by atoms with Crippen molar-refractivity contribution in [2.45, 2.75) is 258 Å². The Bertz CT molecular complexity index is 1270. The number of carbonyl (C=O) groups is 3. The summed E-state index contributed by atoms with van der Waals surface area (Å²) in [6.45, 7) is 6.53. The van der Waals surface area contributed by atoms with E-state index in [1.165, 1.54) is 103 Å². The average Bonchev–Trinajstić information content (AvgIpc) is 3.30. The molecule has 0 unspecified atom stereocenters. The number of ether oxygens (including phenoxy) is 3. The van der Waals surface area contributed by atoms with Crippen molar-refractivity contribution in [2.75, 3.05) is 13.2 Å². The average molecular weight is 905 g/mol. The van der Waals surface area contributed by atoms with Crippen LogP contribution in [0.3, 0.4) is 0 Å². The Hall–Kier alpha value is -3.41. The first-order chi connectivity index (χ1) is 32.0. The lowest BCUT2D eigenvalue weighted by atomic mass is 10.1. The van der Waals surface area contributed by atoms with E-state index in [1.54, 1.807) is 0 Å². The summed E-state index contributed by atoms with van der Waals surface area (Å²) in [4.78, 5) is 38.0. The predicted octanol–water partition coefficient (Wildman–Crippen LogP) is 18.0. The Morgan fingerprint density at radius 2 is 0.554 bits per heavy atom. The lowest BCUT2D eigenvalue weighted by molar-refractivity contribution is -0.167. The van der Waals surface area contributed by atoms with Gasteiger partial charge >= 0.3 is 17.9 Å². The SMILES string of the molecule is CCCCC/C=C\C/C=C\C/C=C\C/C=C\CCCCCC(=O)O[C@H](COC(=O)CCCCCC/C=C\C/C=C\C/C=C\CCCCC)COC(=O)CCCCCCCCCCCCC. The molecule has 0 aliphatic carbocycles. The molecule has 6 heteroatoms. The first-order valence-corrected chi connectivity index (χ1v) is 27.1. The summed E-state index contributed by atoms with van der Waals surface area (Å²) in [5.74, 6) is -0.948. The highest BCUT2D eigenvalue weighted by Crippen LogP contribution is 2.14. The first-order valence-electron chi connectivity index (χ1n) is 27.1. The first kappa shape index (κ1) is 61.6. The second-order valence-electron chi connectivity index (χ2n) is 17.8. The molecule has 0 aromatic rings. The minimum Gasteiger partial charge on any atom is -0.462 e. The van der Waals surface area contributed by atoms with Crippen molar-refractivity contribution in [2.24, 2.45) is 0 Å². The fourth-order valence-electron chi connectivity index (χ4n) is 7.25. The molecular formula is C59H100O6. The van der Waals surface area contributed by atoms with Gasteiger partial charge in [0.1, 0.15) is 13.2 Å². The molecule has 0 aliphatic rings. The van der Waals surface area contributed by atoms with E-state index in [9.17, 15) is 14.4 Å². The summed E-state index contributed by atoms with van der Waals surface area (Å²) >= 11 is 0. The Labute approximate surface area is 401 Å². The van der Waals surface area contributed by atoms with Crippen LogP contribution in [0.15, 0.2) is 85.1 Å². The van der Waals surface area contributed by atoms with Gasteiger partial charge in [-0.3, -0.25) is 14.4 Å². The van der Waals surface area contributed by atoms with Gasteiger partial charge in [0.05, 0.1) is 0 Å². The molecule has 0 aromatic heterocycles. The number of allylic oxidation sites excluding steroid dienone is 14. The molecule has 6 nitrogen and oxygen atoms in total. The van der Waals surface area contributed by atoms with Crippen LogP contribution in [-0.4, -0.2) is 37.2 Å². The highest BCUT2D eigenvalue weighted by molar-refractivity contribution is 5.71. The highest BCUT2D eigenvalue weighted by atomic mass is 16.6. The lowest BCUT2D eigenvalue weighted by Gasteiger charge is -2.18. The molecule has 0 radical (unpaired) electrons. The summed E-state index contributed by atoms with van der Waals surface area (Å²) in [5.41, 5.74) is 0. The number of hydrogen-bond acceptors (Lipinski definition) is 6. The Kier molecular flexibility index (Phi) is 50.4. The van der Waals surface area contributed by atoms with Crippen molar-refractivity contribution in [3.8, 4) is 0 Å². The van der Waals surface area contributed by atoms with Gasteiger partial charge in [-0.1, -0.05) is 215 Å². The maximum absolute atomic E-state index is 12.8. The van der Waals surface area contributed by atoms with Crippen LogP contribution in [0.4, 0.5) is 0 Å². The molecule has 0 aliphatic heterocycles. The molecule has 0 heterocycles. The van der Waals surface area contributed by atoms with Crippen LogP contribution in [0.1, 0.15) is 252 Å². The maximum atomic E-state index is 12.8. The third-order valence-electron chi connectivity index (χ3n) is 11.4. The van der Waals surface area contributed by atoms with Crippen molar-refractivity contribution in [3.05, 3.63) is 85.1 Å². The molecule has 0 fully saturated rings. The molecule has 65 heavy (non-hydrogen) atoms. The van der Waals surface area contributed by atoms with E-state index in [1.807, 2.05) is 0 Å². The van der Waals surface area contributed by atoms with E-state index in [0.29, 0.717) is 12.8 Å². The minimum absolute atomic E-state index is 0.0958. The summed E-state index contributed by atoms with van der Waals surface area (Å²) in [6.07, 6.45) is 68.5. The number of unbranched alkanes of at least 4 members (excludes halogenated alkanes) is 23. The fraction of sp³-hybridized carbons (Fsp3) is 0.712. The van der Waals surface area contributed by atoms with E-state index in [-0.39, 0.29) is 37.5 Å². The summed E-state index contributed by atoms with van der Waals surface area (Å²) in [6, 6.07) is 0. The predicted molar refractivity (Wildman–Crippen MR) is 279 cm³/mol. The normalized spacial score (nSPS) is 12.7. The van der Waals surface area contributed by atoms with Gasteiger partial charge in [-0.2, -0.15) is 0 Å². The molecule has 0 spiro atoms. The highest BCUT2D eigenvalue weighted by Gasteiger charge is 2.19. The quantitative estimate of drug-likeness (QED) is 0.0262. The van der Waals surface area contributed by atoms with Crippen LogP contribution in [0.5, 0.6) is 0 Å². The third-order valence-corrected chi connectivity index (χ3v) is 11.4. The van der Waals surface area contributed by atoms with Gasteiger partial charge < -0.3 is 14.2 Å². The zero-order chi connectivity index (χ0) is 47.2. The van der Waals surface area contributed by atoms with E-state index in [4.69, 9.17) is 14.2 Å². The molecule has 0 saturated heterocycles. The second kappa shape index (κ2) is 53.2. The number of carbonyl (C=O) groups excluding carboxylic acids is 3. The summed E-state index contributed by atoms with van der Waals surface area (Å²) < 4.78 is 16.8. The van der Waals surface area contributed by atoms with Gasteiger partial charge in [0.25, 0.3) is 0 Å². The van der Waals surface area contributed by atoms with Gasteiger partial charge in [-0.15, -0.1) is 0 Å². The molecule has 0 N–H and O–H groups in total. The van der Waals surface area contributed by atoms with Crippen molar-refractivity contribution < 1.29 is 28.6 Å². The van der Waals surface area contributed by atoms with Gasteiger partial charge in [0.15, 0.2) is 6.10 Å². The molecule has 1 atom stereocenters. The lowest BCUT2D eigenvalue weighted by Crippen LogP contribution is -2.30. The third kappa shape index (κ3) is 51.4. The van der Waals surface area contributed by atoms with Gasteiger partial charge in [0, 0.05) is 19.3 Å². The van der Waals surface area contributed by atoms with Crippen LogP contribution in [-0.2, 0) is 28.6 Å². The van der Waals surface area contributed by atoms with Gasteiger partial charge in [-0.05, 0) is 103 Å². The Balaban J connectivity index is 4.47. The zero-order valence-electron chi connectivity index (χ0n) is 42.5. The summed E-state index contributed by atoms with van der Waals surface area (Å²) in [5, 5.41) is 0. The van der Waals surface area contributed by atoms with Gasteiger partial charge in [0.2, 0.25) is 0 Å². The molecule has 0 amide bonds. The van der Waals surface area contributed by atoms with Crippen LogP contribution in [0, 0.1) is 0 Å². The van der Waals surface area contributed by atoms with E-state index < -0.39 is 6.10 Å². The number of esters is 3. The maximum Gasteiger partial charge on any atom is 0.306 e. The zero-order valence-corrected chi connectivity index (χ0v) is 42.5. The molecule has 0 aromatic carbocycles. The van der Waals surface area contributed by atoms with Gasteiger partial charge in [-0.25, -0.2) is 0 Å². The molecule has 0 saturated carbocycles. The topological polar surface area (TPSA) is 78.9 Å². The van der Waals surface area contributed by atoms with Crippen LogP contribution in [0.25, 0.3) is 0 Å². The van der Waals surface area contributed by atoms with Crippen molar-refractivity contribution in [3.63, 3.8) is 0 Å². The monoisotopic (exact) mass is 905 g/mol. The van der Waals surface area contributed by atoms with Crippen LogP contribution >= 0.6 is 0 Å². The van der Waals surface area contributed by atoms with Crippen LogP contribution < -0.4 is 0 Å². The van der Waals surface area contributed by atoms with Crippen molar-refractivity contribution in [1.29, 1.82) is 0 Å². The standard InChI is InChI=1S/C59H100O6/c1-4-7-10-13-16-19-22-24-26-28-29-31-33-35-38-41-44-47-50-53-59(62)65-56(54-63-57(60)51-48-45-42-39-36-21-18-15-12-9-6-3)55-64-58(61)52-49-46-43-40-37-34-32-30-27-25-23-20-17-14-11-8-5-2/h16-17,19-20,24-27,29,31-32,34-35,38,56H,4-15,18,21-23,28,30,33,36-37,39-55H2,1-3H3/b19-16-,20-17-,26-24-,27-25-,31-29-,34-32-,38-35-/t56-/m0/s1. The summed E-state index contributed by atoms with van der Waals surface area (Å²) in [7, 11) is 0. The fourth-order valence-corrected chi connectivity index (χ4v) is 7.25. The Morgan fingerprint density at radius 3 is 0.908 bits per heavy atom. The van der Waals surface area contributed by atoms with Crippen molar-refractivity contribution in [1.82, 2.24) is 0 Å². The van der Waals surface area contributed by atoms with E-state index in [0.717, 1.165) is 109 Å². The smallest absolute Gasteiger partial charge is 0.306 e.